The smallest absolute Gasteiger partial charge is 0.325 e. The molecule has 0 aromatic carbocycles. The molecule has 2 aliphatic rings. The van der Waals surface area contributed by atoms with Gasteiger partial charge in [0.25, 0.3) is 5.91 Å². The van der Waals surface area contributed by atoms with Gasteiger partial charge in [0.2, 0.25) is 5.91 Å². The molecule has 1 saturated heterocycles. The summed E-state index contributed by atoms with van der Waals surface area (Å²) in [6, 6.07) is 3.34. The van der Waals surface area contributed by atoms with Gasteiger partial charge in [-0.1, -0.05) is 0 Å². The molecule has 2 N–H and O–H groups in total. The van der Waals surface area contributed by atoms with Crippen LogP contribution < -0.4 is 10.6 Å². The average Bonchev–Trinajstić information content (AvgIpc) is 3.21. The molecule has 1 aliphatic carbocycles. The number of imide groups is 1. The number of rotatable bonds is 5. The van der Waals surface area contributed by atoms with Crippen LogP contribution in [0.5, 0.6) is 0 Å². The van der Waals surface area contributed by atoms with Crippen LogP contribution in [0.2, 0.25) is 0 Å². The van der Waals surface area contributed by atoms with Crippen LogP contribution in [0, 0.1) is 5.92 Å². The Labute approximate surface area is 140 Å². The van der Waals surface area contributed by atoms with Gasteiger partial charge in [0.1, 0.15) is 12.1 Å². The van der Waals surface area contributed by atoms with Crippen LogP contribution in [0.3, 0.4) is 0 Å². The third kappa shape index (κ3) is 2.89. The van der Waals surface area contributed by atoms with Gasteiger partial charge >= 0.3 is 6.03 Å². The Hall–Kier alpha value is -1.41. The van der Waals surface area contributed by atoms with Gasteiger partial charge in [0.15, 0.2) is 0 Å². The maximum Gasteiger partial charge on any atom is 0.325 e. The standard InChI is InChI=1S/C14H16BrN3O3S/c1-14(8-2-3-8)12(20)18(13(21)17-14)7-11(19)16-6-9-4-5-10(15)22-9/h4-5,8H,2-3,6-7H2,1H3,(H,16,19)(H,17,21). The highest BCUT2D eigenvalue weighted by Crippen LogP contribution is 2.42. The first kappa shape index (κ1) is 15.5. The summed E-state index contributed by atoms with van der Waals surface area (Å²) in [5.41, 5.74) is -0.837. The van der Waals surface area contributed by atoms with E-state index in [4.69, 9.17) is 0 Å². The Balaban J connectivity index is 1.57. The van der Waals surface area contributed by atoms with Crippen LogP contribution in [0.15, 0.2) is 15.9 Å². The molecule has 22 heavy (non-hydrogen) atoms. The SMILES string of the molecule is CC1(C2CC2)NC(=O)N(CC(=O)NCc2ccc(Br)s2)C1=O. The molecule has 1 unspecified atom stereocenters. The lowest BCUT2D eigenvalue weighted by atomic mass is 9.96. The second-order valence-electron chi connectivity index (χ2n) is 5.78. The average molecular weight is 386 g/mol. The molecule has 3 rings (SSSR count). The van der Waals surface area contributed by atoms with Crippen molar-refractivity contribution in [3.8, 4) is 0 Å². The summed E-state index contributed by atoms with van der Waals surface area (Å²) in [5.74, 6) is -0.442. The Kier molecular flexibility index (Phi) is 3.98. The molecule has 118 valence electrons. The summed E-state index contributed by atoms with van der Waals surface area (Å²) in [4.78, 5) is 38.3. The predicted molar refractivity (Wildman–Crippen MR) is 85.2 cm³/mol. The second-order valence-corrected chi connectivity index (χ2v) is 8.33. The first-order valence-electron chi connectivity index (χ1n) is 7.05. The van der Waals surface area contributed by atoms with Gasteiger partial charge < -0.3 is 10.6 Å². The lowest BCUT2D eigenvalue weighted by Crippen LogP contribution is -2.46. The summed E-state index contributed by atoms with van der Waals surface area (Å²) < 4.78 is 0.992. The molecule has 2 heterocycles. The van der Waals surface area contributed by atoms with Gasteiger partial charge in [-0.2, -0.15) is 0 Å². The molecule has 0 radical (unpaired) electrons. The quantitative estimate of drug-likeness (QED) is 0.759. The number of halogens is 1. The zero-order valence-electron chi connectivity index (χ0n) is 12.0. The molecule has 8 heteroatoms. The molecule has 6 nitrogen and oxygen atoms in total. The Bertz CT molecular complexity index is 643. The van der Waals surface area contributed by atoms with Gasteiger partial charge in [0, 0.05) is 4.88 Å². The van der Waals surface area contributed by atoms with Crippen LogP contribution in [0.25, 0.3) is 0 Å². The van der Waals surface area contributed by atoms with Crippen molar-refractivity contribution in [1.29, 1.82) is 0 Å². The number of nitrogens with one attached hydrogen (secondary N) is 2. The molecule has 1 aromatic heterocycles. The number of thiophene rings is 1. The van der Waals surface area contributed by atoms with Gasteiger partial charge in [-0.25, -0.2) is 4.79 Å². The molecule has 1 aliphatic heterocycles. The summed E-state index contributed by atoms with van der Waals surface area (Å²) in [6.07, 6.45) is 1.88. The number of hydrogen-bond donors (Lipinski definition) is 2. The van der Waals surface area contributed by atoms with Crippen molar-refractivity contribution in [2.24, 2.45) is 5.92 Å². The fourth-order valence-electron chi connectivity index (χ4n) is 2.63. The number of carbonyl (C=O) groups excluding carboxylic acids is 3. The molecule has 1 saturated carbocycles. The number of hydrogen-bond acceptors (Lipinski definition) is 4. The van der Waals surface area contributed by atoms with Gasteiger partial charge in [-0.05, 0) is 53.7 Å². The molecule has 0 bridgehead atoms. The first-order chi connectivity index (χ1) is 10.4. The van der Waals surface area contributed by atoms with E-state index in [9.17, 15) is 14.4 Å². The van der Waals surface area contributed by atoms with Crippen molar-refractivity contribution in [3.05, 3.63) is 20.8 Å². The summed E-state index contributed by atoms with van der Waals surface area (Å²) in [5, 5.41) is 5.46. The molecular formula is C14H16BrN3O3S. The molecule has 2 fully saturated rings. The number of amides is 4. The van der Waals surface area contributed by atoms with E-state index in [-0.39, 0.29) is 24.3 Å². The van der Waals surface area contributed by atoms with Crippen molar-refractivity contribution < 1.29 is 14.4 Å². The number of nitrogens with zero attached hydrogens (tertiary/aromatic N) is 1. The Morgan fingerprint density at radius 3 is 2.82 bits per heavy atom. The fraction of sp³-hybridized carbons (Fsp3) is 0.500. The third-order valence-corrected chi connectivity index (χ3v) is 5.71. The van der Waals surface area contributed by atoms with Gasteiger partial charge in [-0.3, -0.25) is 14.5 Å². The molecule has 1 aromatic rings. The predicted octanol–water partition coefficient (Wildman–Crippen LogP) is 1.85. The van der Waals surface area contributed by atoms with Crippen molar-refractivity contribution in [1.82, 2.24) is 15.5 Å². The molecule has 4 amide bonds. The highest BCUT2D eigenvalue weighted by atomic mass is 79.9. The van der Waals surface area contributed by atoms with E-state index in [0.717, 1.165) is 26.4 Å². The molecular weight excluding hydrogens is 370 g/mol. The topological polar surface area (TPSA) is 78.5 Å². The van der Waals surface area contributed by atoms with Crippen molar-refractivity contribution in [2.45, 2.75) is 31.8 Å². The van der Waals surface area contributed by atoms with E-state index in [2.05, 4.69) is 26.6 Å². The highest BCUT2D eigenvalue weighted by Gasteiger charge is 2.56. The maximum atomic E-state index is 12.4. The summed E-state index contributed by atoms with van der Waals surface area (Å²) in [7, 11) is 0. The van der Waals surface area contributed by atoms with E-state index in [1.54, 1.807) is 6.92 Å². The minimum Gasteiger partial charge on any atom is -0.350 e. The van der Waals surface area contributed by atoms with E-state index < -0.39 is 11.6 Å². The minimum absolute atomic E-state index is 0.195. The lowest BCUT2D eigenvalue weighted by molar-refractivity contribution is -0.135. The Morgan fingerprint density at radius 1 is 1.50 bits per heavy atom. The maximum absolute atomic E-state index is 12.4. The van der Waals surface area contributed by atoms with Gasteiger partial charge in [0.05, 0.1) is 10.3 Å². The van der Waals surface area contributed by atoms with Crippen LogP contribution in [-0.4, -0.2) is 34.8 Å². The summed E-state index contributed by atoms with van der Waals surface area (Å²) >= 11 is 4.89. The fourth-order valence-corrected chi connectivity index (χ4v) is 4.05. The summed E-state index contributed by atoms with van der Waals surface area (Å²) in [6.45, 7) is 1.89. The van der Waals surface area contributed by atoms with E-state index in [0.29, 0.717) is 6.54 Å². The largest absolute Gasteiger partial charge is 0.350 e. The van der Waals surface area contributed by atoms with Crippen LogP contribution in [-0.2, 0) is 16.1 Å². The third-order valence-electron chi connectivity index (χ3n) is 4.09. The second kappa shape index (κ2) is 5.66. The first-order valence-corrected chi connectivity index (χ1v) is 8.66. The minimum atomic E-state index is -0.837. The van der Waals surface area contributed by atoms with Crippen LogP contribution in [0.4, 0.5) is 4.79 Å². The zero-order valence-corrected chi connectivity index (χ0v) is 14.4. The van der Waals surface area contributed by atoms with Crippen LogP contribution in [0.1, 0.15) is 24.6 Å². The van der Waals surface area contributed by atoms with E-state index in [1.165, 1.54) is 11.3 Å². The van der Waals surface area contributed by atoms with Crippen molar-refractivity contribution >= 4 is 45.1 Å². The lowest BCUT2D eigenvalue weighted by Gasteiger charge is -2.20. The number of carbonyl (C=O) groups is 3. The van der Waals surface area contributed by atoms with Crippen LogP contribution >= 0.6 is 27.3 Å². The van der Waals surface area contributed by atoms with Gasteiger partial charge in [-0.15, -0.1) is 11.3 Å². The highest BCUT2D eigenvalue weighted by molar-refractivity contribution is 9.11. The van der Waals surface area contributed by atoms with Crippen molar-refractivity contribution in [2.75, 3.05) is 6.54 Å². The Morgan fingerprint density at radius 2 is 2.23 bits per heavy atom. The van der Waals surface area contributed by atoms with E-state index >= 15 is 0 Å². The molecule has 0 spiro atoms. The number of urea groups is 1. The monoisotopic (exact) mass is 385 g/mol. The normalized spacial score (nSPS) is 24.5. The molecule has 1 atom stereocenters. The zero-order chi connectivity index (χ0) is 15.9. The van der Waals surface area contributed by atoms with E-state index in [1.807, 2.05) is 12.1 Å². The van der Waals surface area contributed by atoms with Crippen molar-refractivity contribution in [3.63, 3.8) is 0 Å².